The van der Waals surface area contributed by atoms with Crippen LogP contribution in [0, 0.1) is 13.8 Å². The number of fused-ring (bicyclic) bond motifs is 1. The van der Waals surface area contributed by atoms with E-state index in [0.29, 0.717) is 45.5 Å². The number of hydrogen-bond donors (Lipinski definition) is 2. The van der Waals surface area contributed by atoms with Crippen LogP contribution in [0.15, 0.2) is 76.4 Å². The van der Waals surface area contributed by atoms with Gasteiger partial charge in [-0.2, -0.15) is 4.68 Å². The summed E-state index contributed by atoms with van der Waals surface area (Å²) in [6, 6.07) is 18.9. The Labute approximate surface area is 229 Å². The highest BCUT2D eigenvalue weighted by Gasteiger charge is 2.35. The Hall–Kier alpha value is -4.18. The molecule has 1 unspecified atom stereocenters. The van der Waals surface area contributed by atoms with E-state index >= 15 is 0 Å². The Morgan fingerprint density at radius 2 is 1.84 bits per heavy atom. The van der Waals surface area contributed by atoms with E-state index in [1.807, 2.05) is 75.4 Å². The molecule has 0 aliphatic carbocycles. The number of allylic oxidation sites excluding steroid dienone is 1. The number of tetrazole rings is 1. The normalized spacial score (nSPS) is 14.5. The minimum Gasteiger partial charge on any atom is -0.493 e. The van der Waals surface area contributed by atoms with Crippen LogP contribution in [0.1, 0.15) is 35.2 Å². The SMILES string of the molecule is COc1cc(C2C(C(=O)Nc3cccc(C)c3)=C(C)Nc3nnnn32)cc(Br)c1OCc1cccc(C)c1. The van der Waals surface area contributed by atoms with Crippen LogP contribution in [0.2, 0.25) is 0 Å². The molecule has 2 heterocycles. The number of benzene rings is 3. The number of hydrogen-bond acceptors (Lipinski definition) is 7. The first-order chi connectivity index (χ1) is 18.3. The van der Waals surface area contributed by atoms with Crippen molar-refractivity contribution in [2.45, 2.75) is 33.4 Å². The van der Waals surface area contributed by atoms with E-state index in [0.717, 1.165) is 22.3 Å². The number of aromatic nitrogens is 4. The average Bonchev–Trinajstić information content (AvgIpc) is 3.34. The number of halogens is 1. The molecule has 1 aromatic heterocycles. The topological polar surface area (TPSA) is 103 Å². The molecule has 1 aliphatic rings. The Morgan fingerprint density at radius 3 is 2.58 bits per heavy atom. The molecule has 0 spiro atoms. The molecule has 10 heteroatoms. The molecule has 0 saturated heterocycles. The Morgan fingerprint density at radius 1 is 1.08 bits per heavy atom. The van der Waals surface area contributed by atoms with E-state index in [-0.39, 0.29) is 5.91 Å². The Bertz CT molecular complexity index is 1550. The van der Waals surface area contributed by atoms with Crippen molar-refractivity contribution in [3.8, 4) is 11.5 Å². The number of nitrogens with zero attached hydrogens (tertiary/aromatic N) is 4. The van der Waals surface area contributed by atoms with Gasteiger partial charge in [0.05, 0.1) is 17.2 Å². The van der Waals surface area contributed by atoms with E-state index < -0.39 is 6.04 Å². The molecule has 1 aliphatic heterocycles. The predicted octanol–water partition coefficient (Wildman–Crippen LogP) is 5.57. The monoisotopic (exact) mass is 574 g/mol. The van der Waals surface area contributed by atoms with Crippen molar-refractivity contribution in [1.82, 2.24) is 20.2 Å². The summed E-state index contributed by atoms with van der Waals surface area (Å²) in [6.45, 7) is 6.24. The van der Waals surface area contributed by atoms with E-state index in [2.05, 4.69) is 48.2 Å². The highest BCUT2D eigenvalue weighted by molar-refractivity contribution is 9.10. The Balaban J connectivity index is 1.51. The molecule has 0 fully saturated rings. The van der Waals surface area contributed by atoms with E-state index in [4.69, 9.17) is 9.47 Å². The first-order valence-corrected chi connectivity index (χ1v) is 12.8. The molecule has 1 atom stereocenters. The summed E-state index contributed by atoms with van der Waals surface area (Å²) in [6.07, 6.45) is 0. The molecule has 2 N–H and O–H groups in total. The van der Waals surface area contributed by atoms with Gasteiger partial charge in [0.15, 0.2) is 11.5 Å². The molecule has 1 amide bonds. The molecule has 9 nitrogen and oxygen atoms in total. The lowest BCUT2D eigenvalue weighted by Gasteiger charge is -2.28. The van der Waals surface area contributed by atoms with Gasteiger partial charge in [-0.1, -0.05) is 47.1 Å². The highest BCUT2D eigenvalue weighted by Crippen LogP contribution is 2.43. The summed E-state index contributed by atoms with van der Waals surface area (Å²) in [5, 5.41) is 18.3. The molecule has 0 radical (unpaired) electrons. The number of amides is 1. The molecule has 3 aromatic carbocycles. The van der Waals surface area contributed by atoms with Gasteiger partial charge in [-0.15, -0.1) is 0 Å². The molecule has 4 aromatic rings. The van der Waals surface area contributed by atoms with Gasteiger partial charge in [0.1, 0.15) is 12.6 Å². The maximum Gasteiger partial charge on any atom is 0.255 e. The number of anilines is 2. The van der Waals surface area contributed by atoms with Gasteiger partial charge in [0, 0.05) is 11.4 Å². The molecular formula is C28H27BrN6O3. The van der Waals surface area contributed by atoms with Crippen molar-refractivity contribution < 1.29 is 14.3 Å². The minimum absolute atomic E-state index is 0.262. The van der Waals surface area contributed by atoms with Crippen molar-refractivity contribution >= 4 is 33.5 Å². The third kappa shape index (κ3) is 5.12. The second kappa shape index (κ2) is 10.7. The van der Waals surface area contributed by atoms with Crippen molar-refractivity contribution in [2.24, 2.45) is 0 Å². The Kier molecular flexibility index (Phi) is 7.15. The van der Waals surface area contributed by atoms with Gasteiger partial charge in [0.2, 0.25) is 5.95 Å². The molecular weight excluding hydrogens is 548 g/mol. The van der Waals surface area contributed by atoms with Crippen molar-refractivity contribution in [3.63, 3.8) is 0 Å². The zero-order chi connectivity index (χ0) is 26.8. The number of carbonyl (C=O) groups is 1. The number of nitrogens with one attached hydrogen (secondary N) is 2. The van der Waals surface area contributed by atoms with E-state index in [1.54, 1.807) is 11.8 Å². The second-order valence-electron chi connectivity index (χ2n) is 9.15. The lowest BCUT2D eigenvalue weighted by molar-refractivity contribution is -0.113. The molecule has 38 heavy (non-hydrogen) atoms. The zero-order valence-corrected chi connectivity index (χ0v) is 23.0. The lowest BCUT2D eigenvalue weighted by atomic mass is 9.94. The average molecular weight is 575 g/mol. The van der Waals surface area contributed by atoms with E-state index in [9.17, 15) is 4.79 Å². The van der Waals surface area contributed by atoms with Gasteiger partial charge in [-0.25, -0.2) is 0 Å². The molecule has 0 bridgehead atoms. The van der Waals surface area contributed by atoms with Crippen LogP contribution in [0.4, 0.5) is 11.6 Å². The summed E-state index contributed by atoms with van der Waals surface area (Å²) < 4.78 is 14.2. The quantitative estimate of drug-likeness (QED) is 0.297. The number of carbonyl (C=O) groups excluding carboxylic acids is 1. The lowest BCUT2D eigenvalue weighted by Crippen LogP contribution is -2.31. The van der Waals surface area contributed by atoms with Gasteiger partial charge >= 0.3 is 0 Å². The first kappa shape index (κ1) is 25.5. The van der Waals surface area contributed by atoms with Crippen molar-refractivity contribution in [3.05, 3.63) is 98.7 Å². The highest BCUT2D eigenvalue weighted by atomic mass is 79.9. The smallest absolute Gasteiger partial charge is 0.255 e. The fourth-order valence-corrected chi connectivity index (χ4v) is 5.11. The summed E-state index contributed by atoms with van der Waals surface area (Å²) in [5.74, 6) is 1.26. The number of ether oxygens (including phenoxy) is 2. The van der Waals surface area contributed by atoms with Crippen LogP contribution in [0.5, 0.6) is 11.5 Å². The van der Waals surface area contributed by atoms with E-state index in [1.165, 1.54) is 0 Å². The fourth-order valence-electron chi connectivity index (χ4n) is 4.53. The summed E-state index contributed by atoms with van der Waals surface area (Å²) >= 11 is 3.66. The van der Waals surface area contributed by atoms with Crippen molar-refractivity contribution in [2.75, 3.05) is 17.7 Å². The van der Waals surface area contributed by atoms with Crippen LogP contribution in [0.3, 0.4) is 0 Å². The third-order valence-corrected chi connectivity index (χ3v) is 6.86. The molecule has 5 rings (SSSR count). The number of aryl methyl sites for hydroxylation is 2. The van der Waals surface area contributed by atoms with Crippen LogP contribution in [0.25, 0.3) is 0 Å². The first-order valence-electron chi connectivity index (χ1n) is 12.0. The molecule has 194 valence electrons. The molecule has 0 saturated carbocycles. The van der Waals surface area contributed by atoms with Gasteiger partial charge in [-0.3, -0.25) is 4.79 Å². The van der Waals surface area contributed by atoms with Crippen LogP contribution >= 0.6 is 15.9 Å². The van der Waals surface area contributed by atoms with Crippen LogP contribution in [-0.2, 0) is 11.4 Å². The van der Waals surface area contributed by atoms with Gasteiger partial charge < -0.3 is 20.1 Å². The zero-order valence-electron chi connectivity index (χ0n) is 21.4. The number of methoxy groups -OCH3 is 1. The fraction of sp³-hybridized carbons (Fsp3) is 0.214. The van der Waals surface area contributed by atoms with Crippen molar-refractivity contribution in [1.29, 1.82) is 0 Å². The largest absolute Gasteiger partial charge is 0.493 e. The van der Waals surface area contributed by atoms with Gasteiger partial charge in [-0.05, 0) is 88.1 Å². The third-order valence-electron chi connectivity index (χ3n) is 6.27. The maximum absolute atomic E-state index is 13.6. The van der Waals surface area contributed by atoms with Crippen LogP contribution < -0.4 is 20.1 Å². The number of rotatable bonds is 7. The standard InChI is InChI=1S/C28H27BrN6O3/c1-16-7-5-9-19(11-16)15-38-26-22(29)13-20(14-23(26)37-4)25-24(18(3)30-28-32-33-34-35(25)28)27(36)31-21-10-6-8-17(2)12-21/h5-14,25H,15H2,1-4H3,(H,31,36)(H,30,32,34). The summed E-state index contributed by atoms with van der Waals surface area (Å²) in [5.41, 5.74) is 5.84. The predicted molar refractivity (Wildman–Crippen MR) is 148 cm³/mol. The maximum atomic E-state index is 13.6. The van der Waals surface area contributed by atoms with Gasteiger partial charge in [0.25, 0.3) is 5.91 Å². The summed E-state index contributed by atoms with van der Waals surface area (Å²) in [7, 11) is 1.59. The van der Waals surface area contributed by atoms with Crippen LogP contribution in [-0.4, -0.2) is 33.2 Å². The second-order valence-corrected chi connectivity index (χ2v) is 10.0. The summed E-state index contributed by atoms with van der Waals surface area (Å²) in [4.78, 5) is 13.6. The minimum atomic E-state index is -0.609.